The van der Waals surface area contributed by atoms with E-state index in [1.54, 1.807) is 52.8 Å². The molecule has 10 nitrogen and oxygen atoms in total. The molecule has 1 aliphatic heterocycles. The van der Waals surface area contributed by atoms with Crippen LogP contribution in [0.3, 0.4) is 0 Å². The summed E-state index contributed by atoms with van der Waals surface area (Å²) in [7, 11) is -3.72. The van der Waals surface area contributed by atoms with Crippen LogP contribution in [0, 0.1) is 5.41 Å². The molecule has 1 aromatic rings. The van der Waals surface area contributed by atoms with Crippen LogP contribution in [0.1, 0.15) is 47.5 Å². The van der Waals surface area contributed by atoms with E-state index in [9.17, 15) is 14.2 Å². The van der Waals surface area contributed by atoms with Crippen molar-refractivity contribution in [2.45, 2.75) is 65.1 Å². The Labute approximate surface area is 202 Å². The summed E-state index contributed by atoms with van der Waals surface area (Å²) in [5, 5.41) is 2.77. The number of rotatable bonds is 9. The fraction of sp³-hybridized carbons (Fsp3) is 0.667. The maximum atomic E-state index is 13.2. The number of anilines is 1. The standard InChI is InChI=1S/C21H31BrN3O7P/c1-6-29-33(28,30-7-2)31-13-21-11-14(18(26)24-17-10-8-9-16(22)23-17)25(15(21)12-21)19(27)32-20(3,4)5/h8-10,14-15H,6-7,11-13H2,1-5H3,(H,23,24,26)/t14-,15+,21-/m0/s1. The van der Waals surface area contributed by atoms with Crippen molar-refractivity contribution in [1.82, 2.24) is 9.88 Å². The molecule has 1 N–H and O–H groups in total. The van der Waals surface area contributed by atoms with E-state index in [0.29, 0.717) is 23.3 Å². The predicted molar refractivity (Wildman–Crippen MR) is 125 cm³/mol. The highest BCUT2D eigenvalue weighted by molar-refractivity contribution is 9.10. The van der Waals surface area contributed by atoms with Gasteiger partial charge in [-0.3, -0.25) is 23.3 Å². The van der Waals surface area contributed by atoms with Crippen LogP contribution in [-0.2, 0) is 27.7 Å². The fourth-order valence-electron chi connectivity index (χ4n) is 3.96. The quantitative estimate of drug-likeness (QED) is 0.347. The van der Waals surface area contributed by atoms with Crippen LogP contribution < -0.4 is 5.32 Å². The summed E-state index contributed by atoms with van der Waals surface area (Å²) in [5.41, 5.74) is -1.26. The Hall–Kier alpha value is -1.52. The summed E-state index contributed by atoms with van der Waals surface area (Å²) in [6, 6.07) is 4.08. The van der Waals surface area contributed by atoms with Gasteiger partial charge in [-0.2, -0.15) is 0 Å². The highest BCUT2D eigenvalue weighted by atomic mass is 79.9. The van der Waals surface area contributed by atoms with E-state index in [4.69, 9.17) is 18.3 Å². The average molecular weight is 548 g/mol. The number of hydrogen-bond acceptors (Lipinski definition) is 8. The number of aromatic nitrogens is 1. The number of hydrogen-bond donors (Lipinski definition) is 1. The molecule has 1 aromatic heterocycles. The molecule has 0 unspecified atom stereocenters. The molecule has 2 amide bonds. The Bertz CT molecular complexity index is 931. The van der Waals surface area contributed by atoms with Crippen LogP contribution in [0.15, 0.2) is 22.8 Å². The van der Waals surface area contributed by atoms with Crippen molar-refractivity contribution in [2.75, 3.05) is 25.1 Å². The molecule has 0 aromatic carbocycles. The van der Waals surface area contributed by atoms with Crippen LogP contribution in [0.25, 0.3) is 0 Å². The molecule has 33 heavy (non-hydrogen) atoms. The third-order valence-corrected chi connectivity index (χ3v) is 7.41. The molecule has 1 saturated carbocycles. The molecular formula is C21H31BrN3O7P. The Morgan fingerprint density at radius 3 is 2.45 bits per heavy atom. The average Bonchev–Trinajstić information content (AvgIpc) is 3.29. The number of nitrogens with one attached hydrogen (secondary N) is 1. The molecule has 0 bridgehead atoms. The first kappa shape index (κ1) is 26.1. The number of nitrogens with zero attached hydrogens (tertiary/aromatic N) is 2. The molecule has 184 valence electrons. The van der Waals surface area contributed by atoms with Gasteiger partial charge in [-0.15, -0.1) is 0 Å². The van der Waals surface area contributed by atoms with Gasteiger partial charge >= 0.3 is 13.9 Å². The molecule has 1 aliphatic carbocycles. The number of phosphoric ester groups is 1. The van der Waals surface area contributed by atoms with Crippen molar-refractivity contribution in [2.24, 2.45) is 5.41 Å². The molecule has 3 atom stereocenters. The number of piperidine rings is 1. The number of pyridine rings is 1. The second-order valence-electron chi connectivity index (χ2n) is 9.08. The van der Waals surface area contributed by atoms with E-state index in [1.165, 1.54) is 4.90 Å². The van der Waals surface area contributed by atoms with E-state index in [2.05, 4.69) is 26.2 Å². The maximum absolute atomic E-state index is 13.2. The largest absolute Gasteiger partial charge is 0.474 e. The van der Waals surface area contributed by atoms with Crippen molar-refractivity contribution in [3.63, 3.8) is 0 Å². The van der Waals surface area contributed by atoms with Gasteiger partial charge in [0.2, 0.25) is 5.91 Å². The summed E-state index contributed by atoms with van der Waals surface area (Å²) >= 11 is 3.28. The Morgan fingerprint density at radius 2 is 1.88 bits per heavy atom. The van der Waals surface area contributed by atoms with Crippen molar-refractivity contribution in [3.05, 3.63) is 22.8 Å². The first-order valence-corrected chi connectivity index (χ1v) is 13.2. The van der Waals surface area contributed by atoms with Crippen molar-refractivity contribution < 1.29 is 32.5 Å². The lowest BCUT2D eigenvalue weighted by molar-refractivity contribution is -0.121. The minimum absolute atomic E-state index is 0.0349. The Kier molecular flexibility index (Phi) is 7.90. The van der Waals surface area contributed by atoms with Crippen molar-refractivity contribution in [1.29, 1.82) is 0 Å². The first-order chi connectivity index (χ1) is 15.4. The first-order valence-electron chi connectivity index (χ1n) is 10.9. The van der Waals surface area contributed by atoms with Gasteiger partial charge in [0, 0.05) is 11.5 Å². The number of likely N-dealkylation sites (tertiary alicyclic amines) is 1. The molecule has 2 aliphatic rings. The number of fused-ring (bicyclic) bond motifs is 1. The Balaban J connectivity index is 1.78. The van der Waals surface area contributed by atoms with Gasteiger partial charge in [0.25, 0.3) is 0 Å². The number of phosphoric acid groups is 1. The summed E-state index contributed by atoms with van der Waals surface area (Å²) in [5.74, 6) is -0.0163. The van der Waals surface area contributed by atoms with Crippen LogP contribution in [0.5, 0.6) is 0 Å². The summed E-state index contributed by atoms with van der Waals surface area (Å²) < 4.78 is 34.9. The molecule has 2 fully saturated rings. The normalized spacial score (nSPS) is 24.4. The molecule has 12 heteroatoms. The molecule has 0 spiro atoms. The van der Waals surface area contributed by atoms with Gasteiger partial charge in [0.05, 0.1) is 19.8 Å². The number of halogens is 1. The van der Waals surface area contributed by atoms with Gasteiger partial charge in [0.1, 0.15) is 22.1 Å². The minimum Gasteiger partial charge on any atom is -0.444 e. The lowest BCUT2D eigenvalue weighted by atomic mass is 10.0. The zero-order chi connectivity index (χ0) is 24.4. The van der Waals surface area contributed by atoms with E-state index in [-0.39, 0.29) is 31.8 Å². The summed E-state index contributed by atoms with van der Waals surface area (Å²) in [6.45, 7) is 9.08. The van der Waals surface area contributed by atoms with Crippen molar-refractivity contribution in [3.8, 4) is 0 Å². The monoisotopic (exact) mass is 547 g/mol. The zero-order valence-corrected chi connectivity index (χ0v) is 22.0. The number of carbonyl (C=O) groups is 2. The van der Waals surface area contributed by atoms with Gasteiger partial charge in [-0.1, -0.05) is 6.07 Å². The third-order valence-electron chi connectivity index (χ3n) is 5.38. The minimum atomic E-state index is -3.72. The molecule has 1 saturated heterocycles. The van der Waals surface area contributed by atoms with Crippen LogP contribution in [0.4, 0.5) is 10.6 Å². The molecular weight excluding hydrogens is 517 g/mol. The second kappa shape index (κ2) is 10.00. The fourth-order valence-corrected chi connectivity index (χ4v) is 5.58. The van der Waals surface area contributed by atoms with E-state index in [0.717, 1.165) is 0 Å². The number of carbonyl (C=O) groups excluding carboxylic acids is 2. The Morgan fingerprint density at radius 1 is 1.21 bits per heavy atom. The van der Waals surface area contributed by atoms with E-state index >= 15 is 0 Å². The highest BCUT2D eigenvalue weighted by Crippen LogP contribution is 2.62. The number of ether oxygens (including phenoxy) is 1. The van der Waals surface area contributed by atoms with E-state index in [1.807, 2.05) is 0 Å². The lowest BCUT2D eigenvalue weighted by Gasteiger charge is -2.29. The maximum Gasteiger partial charge on any atom is 0.474 e. The molecule has 3 rings (SSSR count). The van der Waals surface area contributed by atoms with Gasteiger partial charge in [-0.05, 0) is 75.5 Å². The second-order valence-corrected chi connectivity index (χ2v) is 11.6. The number of amides is 2. The third kappa shape index (κ3) is 6.33. The highest BCUT2D eigenvalue weighted by Gasteiger charge is 2.68. The summed E-state index contributed by atoms with van der Waals surface area (Å²) in [4.78, 5) is 31.9. The van der Waals surface area contributed by atoms with Crippen molar-refractivity contribution >= 4 is 41.6 Å². The topological polar surface area (TPSA) is 116 Å². The van der Waals surface area contributed by atoms with Gasteiger partial charge < -0.3 is 10.1 Å². The van der Waals surface area contributed by atoms with Gasteiger partial charge in [-0.25, -0.2) is 14.3 Å². The summed E-state index contributed by atoms with van der Waals surface area (Å²) in [6.07, 6.45) is 0.352. The molecule has 2 heterocycles. The van der Waals surface area contributed by atoms with Crippen LogP contribution >= 0.6 is 23.8 Å². The SMILES string of the molecule is CCOP(=O)(OCC)OC[C@@]12C[C@@H](C(=O)Nc3cccc(Br)n3)N(C(=O)OC(C)(C)C)[C@@H]1C2. The van der Waals surface area contributed by atoms with E-state index < -0.39 is 31.0 Å². The predicted octanol–water partition coefficient (Wildman–Crippen LogP) is 4.75. The lowest BCUT2D eigenvalue weighted by Crippen LogP contribution is -2.47. The van der Waals surface area contributed by atoms with Crippen LogP contribution in [-0.4, -0.2) is 59.4 Å². The zero-order valence-electron chi connectivity index (χ0n) is 19.5. The molecule has 0 radical (unpaired) electrons. The van der Waals surface area contributed by atoms with Gasteiger partial charge in [0.15, 0.2) is 0 Å². The van der Waals surface area contributed by atoms with Crippen LogP contribution in [0.2, 0.25) is 0 Å². The smallest absolute Gasteiger partial charge is 0.444 e.